The number of nitrogens with zero attached hydrogens (tertiary/aromatic N) is 1. The lowest BCUT2D eigenvalue weighted by atomic mass is 9.80. The molecule has 0 spiro atoms. The van der Waals surface area contributed by atoms with E-state index in [0.717, 1.165) is 18.7 Å². The number of aryl methyl sites for hydroxylation is 1. The molecule has 1 saturated carbocycles. The largest absolute Gasteiger partial charge is 0.346 e. The van der Waals surface area contributed by atoms with Gasteiger partial charge in [0.2, 0.25) is 0 Å². The van der Waals surface area contributed by atoms with Crippen molar-refractivity contribution in [3.63, 3.8) is 0 Å². The third-order valence-corrected chi connectivity index (χ3v) is 3.05. The fourth-order valence-electron chi connectivity index (χ4n) is 2.14. The van der Waals surface area contributed by atoms with Gasteiger partial charge in [-0.25, -0.2) is 4.98 Å². The molecular formula is C11H19N3. The van der Waals surface area contributed by atoms with Crippen LogP contribution in [0.3, 0.4) is 0 Å². The quantitative estimate of drug-likeness (QED) is 0.755. The highest BCUT2D eigenvalue weighted by atomic mass is 15.0. The first kappa shape index (κ1) is 9.71. The Labute approximate surface area is 85.1 Å². The van der Waals surface area contributed by atoms with E-state index in [0.29, 0.717) is 17.9 Å². The topological polar surface area (TPSA) is 54.7 Å². The Morgan fingerprint density at radius 1 is 1.43 bits per heavy atom. The van der Waals surface area contributed by atoms with Crippen LogP contribution in [0.25, 0.3) is 0 Å². The second-order valence-corrected chi connectivity index (χ2v) is 4.72. The Bertz CT molecular complexity index is 321. The lowest BCUT2D eigenvalue weighted by Crippen LogP contribution is -2.35. The van der Waals surface area contributed by atoms with E-state index in [1.165, 1.54) is 11.4 Å². The van der Waals surface area contributed by atoms with Crippen LogP contribution in [0, 0.1) is 6.92 Å². The number of hydrogen-bond acceptors (Lipinski definition) is 2. The summed E-state index contributed by atoms with van der Waals surface area (Å²) in [7, 11) is 0. The monoisotopic (exact) mass is 193 g/mol. The Balaban J connectivity index is 2.16. The molecule has 0 atom stereocenters. The second kappa shape index (κ2) is 3.39. The van der Waals surface area contributed by atoms with E-state index in [2.05, 4.69) is 30.7 Å². The summed E-state index contributed by atoms with van der Waals surface area (Å²) < 4.78 is 0. The average molecular weight is 193 g/mol. The first-order valence-corrected chi connectivity index (χ1v) is 5.40. The fourth-order valence-corrected chi connectivity index (χ4v) is 2.14. The molecule has 0 amide bonds. The summed E-state index contributed by atoms with van der Waals surface area (Å²) in [5.74, 6) is 2.23. The van der Waals surface area contributed by atoms with Crippen LogP contribution in [0.5, 0.6) is 0 Å². The van der Waals surface area contributed by atoms with Crippen molar-refractivity contribution in [3.8, 4) is 0 Å². The predicted octanol–water partition coefficient (Wildman–Crippen LogP) is 2.05. The fraction of sp³-hybridized carbons (Fsp3) is 0.727. The number of H-pyrrole nitrogens is 1. The Morgan fingerprint density at radius 3 is 2.50 bits per heavy atom. The molecule has 0 aliphatic heterocycles. The minimum atomic E-state index is 0.396. The van der Waals surface area contributed by atoms with Crippen LogP contribution in [0.1, 0.15) is 55.7 Å². The van der Waals surface area contributed by atoms with Crippen LogP contribution in [0.4, 0.5) is 0 Å². The van der Waals surface area contributed by atoms with E-state index in [1.54, 1.807) is 0 Å². The van der Waals surface area contributed by atoms with Crippen molar-refractivity contribution in [2.24, 2.45) is 5.73 Å². The third kappa shape index (κ3) is 1.57. The van der Waals surface area contributed by atoms with Crippen LogP contribution >= 0.6 is 0 Å². The van der Waals surface area contributed by atoms with Crippen molar-refractivity contribution in [1.29, 1.82) is 0 Å². The second-order valence-electron chi connectivity index (χ2n) is 4.72. The number of nitrogens with one attached hydrogen (secondary N) is 1. The summed E-state index contributed by atoms with van der Waals surface area (Å²) in [4.78, 5) is 8.04. The highest BCUT2D eigenvalue weighted by Gasteiger charge is 2.30. The van der Waals surface area contributed by atoms with Gasteiger partial charge in [0.25, 0.3) is 0 Å². The Kier molecular flexibility index (Phi) is 2.35. The van der Waals surface area contributed by atoms with Gasteiger partial charge in [-0.3, -0.25) is 0 Å². The zero-order valence-corrected chi connectivity index (χ0v) is 9.17. The van der Waals surface area contributed by atoms with Gasteiger partial charge >= 0.3 is 0 Å². The van der Waals surface area contributed by atoms with Crippen molar-refractivity contribution >= 4 is 0 Å². The normalized spacial score (nSPS) is 26.6. The van der Waals surface area contributed by atoms with E-state index in [9.17, 15) is 0 Å². The molecule has 78 valence electrons. The minimum Gasteiger partial charge on any atom is -0.346 e. The van der Waals surface area contributed by atoms with Gasteiger partial charge in [0.1, 0.15) is 5.82 Å². The molecule has 1 heterocycles. The van der Waals surface area contributed by atoms with Crippen molar-refractivity contribution in [3.05, 3.63) is 17.2 Å². The molecule has 0 unspecified atom stereocenters. The Hall–Kier alpha value is -0.830. The number of aromatic nitrogens is 2. The number of hydrogen-bond donors (Lipinski definition) is 2. The molecule has 3 nitrogen and oxygen atoms in total. The minimum absolute atomic E-state index is 0.396. The molecule has 0 bridgehead atoms. The molecule has 1 aliphatic carbocycles. The highest BCUT2D eigenvalue weighted by molar-refractivity contribution is 5.20. The molecule has 1 fully saturated rings. The van der Waals surface area contributed by atoms with Crippen molar-refractivity contribution < 1.29 is 0 Å². The van der Waals surface area contributed by atoms with E-state index >= 15 is 0 Å². The summed E-state index contributed by atoms with van der Waals surface area (Å²) >= 11 is 0. The maximum Gasteiger partial charge on any atom is 0.109 e. The van der Waals surface area contributed by atoms with Gasteiger partial charge in [0.05, 0.1) is 5.69 Å². The highest BCUT2D eigenvalue weighted by Crippen LogP contribution is 2.35. The standard InChI is InChI=1S/C11H19N3/c1-6(2)10-7(3)13-11(14-10)8-4-9(12)5-8/h6,8-9H,4-5,12H2,1-3H3,(H,13,14). The zero-order valence-electron chi connectivity index (χ0n) is 9.17. The average Bonchev–Trinajstić information content (AvgIpc) is 2.41. The summed E-state index contributed by atoms with van der Waals surface area (Å²) in [5.41, 5.74) is 8.20. The molecule has 1 aliphatic rings. The number of nitrogens with two attached hydrogens (primary N) is 1. The van der Waals surface area contributed by atoms with Gasteiger partial charge in [0.15, 0.2) is 0 Å². The lowest BCUT2D eigenvalue weighted by Gasteiger charge is -2.30. The van der Waals surface area contributed by atoms with E-state index in [-0.39, 0.29) is 0 Å². The SMILES string of the molecule is Cc1[nH]c(C2CC(N)C2)nc1C(C)C. The van der Waals surface area contributed by atoms with Crippen LogP contribution in [-0.2, 0) is 0 Å². The third-order valence-electron chi connectivity index (χ3n) is 3.05. The molecule has 1 aromatic heterocycles. The van der Waals surface area contributed by atoms with E-state index in [4.69, 9.17) is 5.73 Å². The molecule has 2 rings (SSSR count). The first-order valence-electron chi connectivity index (χ1n) is 5.40. The zero-order chi connectivity index (χ0) is 10.3. The van der Waals surface area contributed by atoms with Gasteiger partial charge in [-0.2, -0.15) is 0 Å². The van der Waals surface area contributed by atoms with Gasteiger partial charge < -0.3 is 10.7 Å². The molecule has 3 N–H and O–H groups in total. The van der Waals surface area contributed by atoms with Gasteiger partial charge in [0, 0.05) is 17.7 Å². The summed E-state index contributed by atoms with van der Waals surface area (Å²) in [6.07, 6.45) is 2.18. The van der Waals surface area contributed by atoms with Crippen LogP contribution in [0.15, 0.2) is 0 Å². The maximum atomic E-state index is 5.77. The molecule has 1 aromatic rings. The summed E-state index contributed by atoms with van der Waals surface area (Å²) in [6, 6.07) is 0.396. The lowest BCUT2D eigenvalue weighted by molar-refractivity contribution is 0.339. The Morgan fingerprint density at radius 2 is 2.07 bits per heavy atom. The molecule has 0 aromatic carbocycles. The van der Waals surface area contributed by atoms with Crippen LogP contribution in [0.2, 0.25) is 0 Å². The predicted molar refractivity (Wildman–Crippen MR) is 57.4 cm³/mol. The summed E-state index contributed by atoms with van der Waals surface area (Å²) in [6.45, 7) is 6.46. The van der Waals surface area contributed by atoms with Crippen LogP contribution in [-0.4, -0.2) is 16.0 Å². The molecule has 14 heavy (non-hydrogen) atoms. The molecular weight excluding hydrogens is 174 g/mol. The van der Waals surface area contributed by atoms with Crippen LogP contribution < -0.4 is 5.73 Å². The molecule has 3 heteroatoms. The molecule has 0 saturated heterocycles. The molecule has 0 radical (unpaired) electrons. The van der Waals surface area contributed by atoms with Crippen molar-refractivity contribution in [1.82, 2.24) is 9.97 Å². The number of rotatable bonds is 2. The van der Waals surface area contributed by atoms with Gasteiger partial charge in [-0.1, -0.05) is 13.8 Å². The maximum absolute atomic E-state index is 5.77. The summed E-state index contributed by atoms with van der Waals surface area (Å²) in [5, 5.41) is 0. The first-order chi connectivity index (χ1) is 6.58. The van der Waals surface area contributed by atoms with Gasteiger partial charge in [-0.05, 0) is 25.7 Å². The van der Waals surface area contributed by atoms with Gasteiger partial charge in [-0.15, -0.1) is 0 Å². The number of imidazole rings is 1. The van der Waals surface area contributed by atoms with E-state index in [1.807, 2.05) is 0 Å². The van der Waals surface area contributed by atoms with Crippen molar-refractivity contribution in [2.45, 2.75) is 51.5 Å². The van der Waals surface area contributed by atoms with Crippen molar-refractivity contribution in [2.75, 3.05) is 0 Å². The number of aromatic amines is 1. The van der Waals surface area contributed by atoms with E-state index < -0.39 is 0 Å². The smallest absolute Gasteiger partial charge is 0.109 e.